The first-order chi connectivity index (χ1) is 4.47. The average Bonchev–Trinajstić information content (AvgIpc) is 2.71. The van der Waals surface area contributed by atoms with Crippen LogP contribution in [0.1, 0.15) is 24.3 Å². The molecule has 1 fully saturated rings. The Hall–Kier alpha value is -0.850. The van der Waals surface area contributed by atoms with E-state index in [0.29, 0.717) is 0 Å². The lowest BCUT2D eigenvalue weighted by Crippen LogP contribution is -1.77. The van der Waals surface area contributed by atoms with Crippen molar-refractivity contribution in [2.45, 2.75) is 18.8 Å². The lowest BCUT2D eigenvalue weighted by molar-refractivity contribution is 1.09. The Morgan fingerprint density at radius 3 is 2.89 bits per heavy atom. The van der Waals surface area contributed by atoms with Gasteiger partial charge in [-0.05, 0) is 30.4 Å². The molecule has 0 spiro atoms. The predicted octanol–water partition coefficient (Wildman–Crippen LogP) is 1.96. The van der Waals surface area contributed by atoms with Crippen molar-refractivity contribution in [2.75, 3.05) is 0 Å². The van der Waals surface area contributed by atoms with Gasteiger partial charge in [-0.3, -0.25) is 4.98 Å². The third kappa shape index (κ3) is 0.947. The molecule has 1 aliphatic carbocycles. The molecule has 1 heterocycles. The first kappa shape index (κ1) is 4.98. The second-order valence-electron chi connectivity index (χ2n) is 2.56. The van der Waals surface area contributed by atoms with E-state index in [1.165, 1.54) is 18.4 Å². The second-order valence-corrected chi connectivity index (χ2v) is 2.56. The molecule has 0 amide bonds. The highest BCUT2D eigenvalue weighted by atomic mass is 14.6. The summed E-state index contributed by atoms with van der Waals surface area (Å²) >= 11 is 0. The second kappa shape index (κ2) is 1.83. The molecule has 0 saturated heterocycles. The van der Waals surface area contributed by atoms with Crippen LogP contribution < -0.4 is 0 Å². The molecule has 2 rings (SSSR count). The molecule has 0 aliphatic heterocycles. The van der Waals surface area contributed by atoms with Crippen molar-refractivity contribution in [1.82, 2.24) is 4.98 Å². The number of rotatable bonds is 1. The molecule has 1 aromatic rings. The molecular formula is C8H9N. The fraction of sp³-hybridized carbons (Fsp3) is 0.375. The molecule has 0 radical (unpaired) electrons. The van der Waals surface area contributed by atoms with E-state index in [-0.39, 0.29) is 0 Å². The van der Waals surface area contributed by atoms with Crippen LogP contribution >= 0.6 is 0 Å². The van der Waals surface area contributed by atoms with Gasteiger partial charge in [0.2, 0.25) is 0 Å². The van der Waals surface area contributed by atoms with Gasteiger partial charge in [-0.2, -0.15) is 0 Å². The molecule has 1 heteroatoms. The van der Waals surface area contributed by atoms with Crippen molar-refractivity contribution in [2.24, 2.45) is 0 Å². The van der Waals surface area contributed by atoms with Crippen LogP contribution in [0.25, 0.3) is 0 Å². The standard InChI is InChI=1S/C8H9N/c1-2-8(6-9-5-1)7-3-4-7/h1-2,5-7H,3-4H2. The predicted molar refractivity (Wildman–Crippen MR) is 36.2 cm³/mol. The lowest BCUT2D eigenvalue weighted by Gasteiger charge is -1.91. The van der Waals surface area contributed by atoms with Crippen molar-refractivity contribution in [3.63, 3.8) is 0 Å². The summed E-state index contributed by atoms with van der Waals surface area (Å²) in [6.45, 7) is 0. The van der Waals surface area contributed by atoms with Gasteiger partial charge in [0.05, 0.1) is 0 Å². The number of aromatic nitrogens is 1. The van der Waals surface area contributed by atoms with Gasteiger partial charge < -0.3 is 0 Å². The Morgan fingerprint density at radius 1 is 1.44 bits per heavy atom. The summed E-state index contributed by atoms with van der Waals surface area (Å²) in [5.41, 5.74) is 1.41. The van der Waals surface area contributed by atoms with E-state index in [0.717, 1.165) is 5.92 Å². The molecule has 1 nitrogen and oxygen atoms in total. The van der Waals surface area contributed by atoms with Gasteiger partial charge >= 0.3 is 0 Å². The summed E-state index contributed by atoms with van der Waals surface area (Å²) in [5.74, 6) is 0.846. The van der Waals surface area contributed by atoms with Gasteiger partial charge in [0, 0.05) is 12.4 Å². The molecule has 0 N–H and O–H groups in total. The van der Waals surface area contributed by atoms with Crippen LogP contribution in [-0.4, -0.2) is 4.98 Å². The van der Waals surface area contributed by atoms with Crippen LogP contribution in [0.5, 0.6) is 0 Å². The van der Waals surface area contributed by atoms with E-state index in [4.69, 9.17) is 0 Å². The van der Waals surface area contributed by atoms with Crippen molar-refractivity contribution in [3.8, 4) is 0 Å². The Balaban J connectivity index is 2.29. The van der Waals surface area contributed by atoms with E-state index in [1.54, 1.807) is 0 Å². The molecule has 46 valence electrons. The molecule has 0 bridgehead atoms. The first-order valence-corrected chi connectivity index (χ1v) is 3.37. The minimum Gasteiger partial charge on any atom is -0.264 e. The summed E-state index contributed by atoms with van der Waals surface area (Å²) in [6.07, 6.45) is 6.53. The summed E-state index contributed by atoms with van der Waals surface area (Å²) in [6, 6.07) is 4.16. The zero-order chi connectivity index (χ0) is 6.10. The van der Waals surface area contributed by atoms with Crippen molar-refractivity contribution >= 4 is 0 Å². The first-order valence-electron chi connectivity index (χ1n) is 3.37. The summed E-state index contributed by atoms with van der Waals surface area (Å²) < 4.78 is 0. The van der Waals surface area contributed by atoms with Gasteiger partial charge in [0.15, 0.2) is 0 Å². The Bertz CT molecular complexity index is 189. The molecule has 0 unspecified atom stereocenters. The van der Waals surface area contributed by atoms with Crippen LogP contribution in [0.4, 0.5) is 0 Å². The highest BCUT2D eigenvalue weighted by Crippen LogP contribution is 2.39. The van der Waals surface area contributed by atoms with Crippen LogP contribution in [0.15, 0.2) is 24.5 Å². The third-order valence-electron chi connectivity index (χ3n) is 1.73. The topological polar surface area (TPSA) is 12.9 Å². The van der Waals surface area contributed by atoms with E-state index in [9.17, 15) is 0 Å². The quantitative estimate of drug-likeness (QED) is 0.550. The maximum Gasteiger partial charge on any atom is 0.0302 e. The van der Waals surface area contributed by atoms with Crippen LogP contribution in [0.3, 0.4) is 0 Å². The Labute approximate surface area is 54.7 Å². The molecular weight excluding hydrogens is 110 g/mol. The number of hydrogen-bond acceptors (Lipinski definition) is 1. The normalized spacial score (nSPS) is 17.8. The molecule has 0 aromatic carbocycles. The average molecular weight is 119 g/mol. The zero-order valence-corrected chi connectivity index (χ0v) is 5.25. The van der Waals surface area contributed by atoms with Gasteiger partial charge in [-0.1, -0.05) is 6.07 Å². The smallest absolute Gasteiger partial charge is 0.0302 e. The molecule has 1 aromatic heterocycles. The molecule has 1 aliphatic rings. The van der Waals surface area contributed by atoms with Gasteiger partial charge in [-0.25, -0.2) is 0 Å². The van der Waals surface area contributed by atoms with E-state index < -0.39 is 0 Å². The summed E-state index contributed by atoms with van der Waals surface area (Å²) in [5, 5.41) is 0. The zero-order valence-electron chi connectivity index (χ0n) is 5.25. The van der Waals surface area contributed by atoms with E-state index in [1.807, 2.05) is 18.5 Å². The van der Waals surface area contributed by atoms with Crippen molar-refractivity contribution in [3.05, 3.63) is 30.1 Å². The lowest BCUT2D eigenvalue weighted by atomic mass is 10.2. The van der Waals surface area contributed by atoms with Crippen LogP contribution in [0, 0.1) is 0 Å². The highest BCUT2D eigenvalue weighted by Gasteiger charge is 2.22. The summed E-state index contributed by atoms with van der Waals surface area (Å²) in [4.78, 5) is 4.05. The van der Waals surface area contributed by atoms with Gasteiger partial charge in [-0.15, -0.1) is 0 Å². The maximum atomic E-state index is 4.05. The molecule has 1 saturated carbocycles. The number of pyridine rings is 1. The third-order valence-corrected chi connectivity index (χ3v) is 1.73. The summed E-state index contributed by atoms with van der Waals surface area (Å²) in [7, 11) is 0. The molecule has 9 heavy (non-hydrogen) atoms. The minimum absolute atomic E-state index is 0.846. The van der Waals surface area contributed by atoms with Gasteiger partial charge in [0.25, 0.3) is 0 Å². The van der Waals surface area contributed by atoms with Crippen molar-refractivity contribution in [1.29, 1.82) is 0 Å². The Morgan fingerprint density at radius 2 is 2.33 bits per heavy atom. The van der Waals surface area contributed by atoms with Crippen molar-refractivity contribution < 1.29 is 0 Å². The monoisotopic (exact) mass is 119 g/mol. The van der Waals surface area contributed by atoms with Gasteiger partial charge in [0.1, 0.15) is 0 Å². The number of hydrogen-bond donors (Lipinski definition) is 0. The fourth-order valence-corrected chi connectivity index (χ4v) is 1.03. The molecule has 0 atom stereocenters. The Kier molecular flexibility index (Phi) is 1.01. The van der Waals surface area contributed by atoms with Crippen LogP contribution in [0.2, 0.25) is 0 Å². The SMILES string of the molecule is c1cncc(C2CC2)c1. The minimum atomic E-state index is 0.846. The van der Waals surface area contributed by atoms with E-state index in [2.05, 4.69) is 11.1 Å². The van der Waals surface area contributed by atoms with E-state index >= 15 is 0 Å². The largest absolute Gasteiger partial charge is 0.264 e. The van der Waals surface area contributed by atoms with Crippen LogP contribution in [-0.2, 0) is 0 Å². The maximum absolute atomic E-state index is 4.05. The highest BCUT2D eigenvalue weighted by molar-refractivity contribution is 5.18. The fourth-order valence-electron chi connectivity index (χ4n) is 1.03. The number of nitrogens with zero attached hydrogens (tertiary/aromatic N) is 1.